The number of hydrogen-bond donors (Lipinski definition) is 2. The smallest absolute Gasteiger partial charge is 0.323 e. The average Bonchev–Trinajstić information content (AvgIpc) is 2.95. The van der Waals surface area contributed by atoms with E-state index in [-0.39, 0.29) is 42.8 Å². The minimum Gasteiger partial charge on any atom is -0.466 e. The Balaban J connectivity index is 1.29. The number of amides is 4. The second-order valence-electron chi connectivity index (χ2n) is 10.2. The van der Waals surface area contributed by atoms with Crippen LogP contribution in [0.15, 0.2) is 48.5 Å². The van der Waals surface area contributed by atoms with Gasteiger partial charge in [-0.25, -0.2) is 4.79 Å². The number of para-hydroxylation sites is 1. The number of esters is 1. The molecule has 10 heteroatoms. The third kappa shape index (κ3) is 7.81. The van der Waals surface area contributed by atoms with Crippen LogP contribution in [0.2, 0.25) is 0 Å². The topological polar surface area (TPSA) is 117 Å². The number of piperidine rings is 1. The number of hydrogen-bond acceptors (Lipinski definition) is 6. The maximum absolute atomic E-state index is 13.4. The van der Waals surface area contributed by atoms with E-state index in [1.165, 1.54) is 0 Å². The lowest BCUT2D eigenvalue weighted by molar-refractivity contribution is -0.154. The summed E-state index contributed by atoms with van der Waals surface area (Å²) >= 11 is 0. The van der Waals surface area contributed by atoms with Crippen LogP contribution in [-0.4, -0.2) is 79.1 Å². The third-order valence-corrected chi connectivity index (χ3v) is 7.38. The molecule has 2 aliphatic heterocycles. The molecule has 4 rings (SSSR count). The van der Waals surface area contributed by atoms with E-state index >= 15 is 0 Å². The van der Waals surface area contributed by atoms with E-state index in [1.54, 1.807) is 41.0 Å². The van der Waals surface area contributed by atoms with Crippen LogP contribution in [0.25, 0.3) is 0 Å². The van der Waals surface area contributed by atoms with Gasteiger partial charge in [-0.05, 0) is 61.9 Å². The lowest BCUT2D eigenvalue weighted by Gasteiger charge is -2.39. The predicted octanol–water partition coefficient (Wildman–Crippen LogP) is 3.60. The highest BCUT2D eigenvalue weighted by Crippen LogP contribution is 2.23. The van der Waals surface area contributed by atoms with Crippen molar-refractivity contribution in [3.63, 3.8) is 0 Å². The summed E-state index contributed by atoms with van der Waals surface area (Å²) < 4.78 is 10.6. The number of carbonyl (C=O) groups is 4. The first-order valence-corrected chi connectivity index (χ1v) is 13.9. The molecule has 2 aliphatic rings. The zero-order valence-electron chi connectivity index (χ0n) is 23.2. The minimum absolute atomic E-state index is 0.109. The molecule has 0 spiro atoms. The molecule has 2 aromatic carbocycles. The van der Waals surface area contributed by atoms with E-state index in [1.807, 2.05) is 31.2 Å². The summed E-state index contributed by atoms with van der Waals surface area (Å²) in [4.78, 5) is 54.2. The summed E-state index contributed by atoms with van der Waals surface area (Å²) in [6, 6.07) is 13.6. The van der Waals surface area contributed by atoms with Crippen LogP contribution in [-0.2, 0) is 30.3 Å². The van der Waals surface area contributed by atoms with Crippen LogP contribution in [0.1, 0.15) is 37.3 Å². The average molecular weight is 551 g/mol. The third-order valence-electron chi connectivity index (χ3n) is 7.38. The van der Waals surface area contributed by atoms with Crippen molar-refractivity contribution in [3.8, 4) is 0 Å². The number of urea groups is 1. The van der Waals surface area contributed by atoms with Gasteiger partial charge in [0.1, 0.15) is 6.04 Å². The molecule has 2 N–H and O–H groups in total. The quantitative estimate of drug-likeness (QED) is 0.485. The molecule has 40 heavy (non-hydrogen) atoms. The first kappa shape index (κ1) is 29.1. The van der Waals surface area contributed by atoms with Crippen LogP contribution in [0.4, 0.5) is 16.2 Å². The lowest BCUT2D eigenvalue weighted by atomic mass is 9.93. The van der Waals surface area contributed by atoms with Crippen molar-refractivity contribution in [1.29, 1.82) is 0 Å². The minimum atomic E-state index is -0.658. The molecule has 2 heterocycles. The Labute approximate surface area is 235 Å². The Morgan fingerprint density at radius 1 is 0.975 bits per heavy atom. The van der Waals surface area contributed by atoms with E-state index in [2.05, 4.69) is 10.6 Å². The van der Waals surface area contributed by atoms with E-state index in [0.29, 0.717) is 45.0 Å². The Kier molecular flexibility index (Phi) is 10.1. The van der Waals surface area contributed by atoms with Crippen molar-refractivity contribution in [2.24, 2.45) is 5.92 Å². The molecule has 0 aliphatic carbocycles. The summed E-state index contributed by atoms with van der Waals surface area (Å²) in [6.45, 7) is 6.09. The molecule has 0 unspecified atom stereocenters. The van der Waals surface area contributed by atoms with Crippen LogP contribution in [0.5, 0.6) is 0 Å². The first-order valence-electron chi connectivity index (χ1n) is 13.9. The number of carbonyl (C=O) groups excluding carboxylic acids is 4. The number of aryl methyl sites for hydroxylation is 1. The summed E-state index contributed by atoms with van der Waals surface area (Å²) in [5.41, 5.74) is 3.09. The second-order valence-corrected chi connectivity index (χ2v) is 10.2. The largest absolute Gasteiger partial charge is 0.466 e. The van der Waals surface area contributed by atoms with Gasteiger partial charge < -0.3 is 29.9 Å². The van der Waals surface area contributed by atoms with E-state index in [9.17, 15) is 19.2 Å². The van der Waals surface area contributed by atoms with E-state index in [0.717, 1.165) is 29.7 Å². The number of nitrogens with one attached hydrogen (secondary N) is 2. The molecule has 10 nitrogen and oxygen atoms in total. The predicted molar refractivity (Wildman–Crippen MR) is 151 cm³/mol. The van der Waals surface area contributed by atoms with Crippen LogP contribution in [0, 0.1) is 12.8 Å². The van der Waals surface area contributed by atoms with Crippen molar-refractivity contribution in [1.82, 2.24) is 9.80 Å². The molecule has 0 saturated carbocycles. The standard InChI is InChI=1S/C30H38N4O6/c1-3-40-28(36)19-23-12-14-33(15-13-23)29(37)26-20-39-17-16-34(26)27(35)18-22-8-10-24(11-9-22)31-30(38)32-25-7-5-4-6-21(25)2/h4-11,23,26H,3,12-20H2,1-2H3,(H2,31,32,38)/t26-/m0/s1. The molecular weight excluding hydrogens is 512 g/mol. The zero-order valence-corrected chi connectivity index (χ0v) is 23.2. The van der Waals surface area contributed by atoms with Crippen molar-refractivity contribution in [3.05, 3.63) is 59.7 Å². The maximum atomic E-state index is 13.4. The fourth-order valence-corrected chi connectivity index (χ4v) is 5.11. The molecule has 1 atom stereocenters. The van der Waals surface area contributed by atoms with E-state index in [4.69, 9.17) is 9.47 Å². The molecule has 2 saturated heterocycles. The number of anilines is 2. The van der Waals surface area contributed by atoms with Crippen molar-refractivity contribution < 1.29 is 28.7 Å². The molecule has 2 fully saturated rings. The molecule has 4 amide bonds. The van der Waals surface area contributed by atoms with Crippen LogP contribution >= 0.6 is 0 Å². The molecule has 0 aromatic heterocycles. The van der Waals surface area contributed by atoms with Gasteiger partial charge >= 0.3 is 12.0 Å². The van der Waals surface area contributed by atoms with Gasteiger partial charge in [0, 0.05) is 37.4 Å². The van der Waals surface area contributed by atoms with Gasteiger partial charge in [-0.3, -0.25) is 14.4 Å². The first-order chi connectivity index (χ1) is 19.3. The Morgan fingerprint density at radius 3 is 2.40 bits per heavy atom. The zero-order chi connectivity index (χ0) is 28.5. The van der Waals surface area contributed by atoms with Gasteiger partial charge in [-0.15, -0.1) is 0 Å². The van der Waals surface area contributed by atoms with Gasteiger partial charge in [-0.1, -0.05) is 30.3 Å². The SMILES string of the molecule is CCOC(=O)CC1CCN(C(=O)[C@@H]2COCCN2C(=O)Cc2ccc(NC(=O)Nc3ccccc3C)cc2)CC1. The summed E-state index contributed by atoms with van der Waals surface area (Å²) in [5.74, 6) is -0.243. The fourth-order valence-electron chi connectivity index (χ4n) is 5.11. The van der Waals surface area contributed by atoms with Crippen LogP contribution < -0.4 is 10.6 Å². The van der Waals surface area contributed by atoms with Gasteiger partial charge in [0.15, 0.2) is 0 Å². The Bertz CT molecular complexity index is 1190. The highest BCUT2D eigenvalue weighted by atomic mass is 16.5. The number of nitrogens with zero attached hydrogens (tertiary/aromatic N) is 2. The Hall–Kier alpha value is -3.92. The molecule has 0 radical (unpaired) electrons. The highest BCUT2D eigenvalue weighted by molar-refractivity contribution is 6.00. The monoisotopic (exact) mass is 550 g/mol. The number of ether oxygens (including phenoxy) is 2. The van der Waals surface area contributed by atoms with Gasteiger partial charge in [-0.2, -0.15) is 0 Å². The van der Waals surface area contributed by atoms with Crippen molar-refractivity contribution in [2.45, 2.75) is 45.6 Å². The molecule has 2 aromatic rings. The number of benzene rings is 2. The number of likely N-dealkylation sites (tertiary alicyclic amines) is 1. The second kappa shape index (κ2) is 13.9. The van der Waals surface area contributed by atoms with Crippen LogP contribution in [0.3, 0.4) is 0 Å². The molecular formula is C30H38N4O6. The molecule has 214 valence electrons. The summed E-state index contributed by atoms with van der Waals surface area (Å²) in [5, 5.41) is 5.63. The van der Waals surface area contributed by atoms with Crippen molar-refractivity contribution >= 4 is 35.2 Å². The number of rotatable bonds is 8. The highest BCUT2D eigenvalue weighted by Gasteiger charge is 2.36. The normalized spacial score (nSPS) is 17.7. The Morgan fingerprint density at radius 2 is 1.70 bits per heavy atom. The fraction of sp³-hybridized carbons (Fsp3) is 0.467. The summed E-state index contributed by atoms with van der Waals surface area (Å²) in [7, 11) is 0. The van der Waals surface area contributed by atoms with Gasteiger partial charge in [0.25, 0.3) is 0 Å². The summed E-state index contributed by atoms with van der Waals surface area (Å²) in [6.07, 6.45) is 1.98. The molecule has 0 bridgehead atoms. The van der Waals surface area contributed by atoms with E-state index < -0.39 is 6.04 Å². The van der Waals surface area contributed by atoms with Gasteiger partial charge in [0.2, 0.25) is 11.8 Å². The lowest BCUT2D eigenvalue weighted by Crippen LogP contribution is -2.58. The van der Waals surface area contributed by atoms with Crippen molar-refractivity contribution in [2.75, 3.05) is 50.1 Å². The number of morpholine rings is 1. The maximum Gasteiger partial charge on any atom is 0.323 e. The van der Waals surface area contributed by atoms with Gasteiger partial charge in [0.05, 0.1) is 26.2 Å².